The third-order valence-corrected chi connectivity index (χ3v) is 6.23. The molecule has 2 fully saturated rings. The van der Waals surface area contributed by atoms with Crippen LogP contribution in [0.3, 0.4) is 0 Å². The van der Waals surface area contributed by atoms with Crippen LogP contribution in [0.1, 0.15) is 32.1 Å². The highest BCUT2D eigenvalue weighted by atomic mass is 32.2. The zero-order valence-electron chi connectivity index (χ0n) is 10.5. The molecule has 1 aliphatic carbocycles. The van der Waals surface area contributed by atoms with Crippen molar-refractivity contribution in [2.75, 3.05) is 6.54 Å². The number of benzene rings is 1. The fourth-order valence-corrected chi connectivity index (χ4v) is 5.21. The van der Waals surface area contributed by atoms with Gasteiger partial charge in [-0.1, -0.05) is 24.6 Å². The van der Waals surface area contributed by atoms with Crippen molar-refractivity contribution in [3.8, 4) is 0 Å². The Labute approximate surface area is 109 Å². The van der Waals surface area contributed by atoms with E-state index in [1.54, 1.807) is 28.6 Å². The molecule has 2 atom stereocenters. The Morgan fingerprint density at radius 1 is 1.00 bits per heavy atom. The Kier molecular flexibility index (Phi) is 3.16. The second-order valence-corrected chi connectivity index (χ2v) is 7.22. The largest absolute Gasteiger partial charge is 0.243 e. The number of fused-ring (bicyclic) bond motifs is 1. The normalized spacial score (nSPS) is 29.1. The number of nitrogens with zero attached hydrogens (tertiary/aromatic N) is 1. The first-order valence-electron chi connectivity index (χ1n) is 6.76. The minimum atomic E-state index is -3.28. The van der Waals surface area contributed by atoms with Crippen molar-refractivity contribution in [2.45, 2.75) is 43.0 Å². The van der Waals surface area contributed by atoms with Crippen LogP contribution in [0, 0.1) is 5.92 Å². The maximum absolute atomic E-state index is 12.7. The molecule has 1 aromatic rings. The summed E-state index contributed by atoms with van der Waals surface area (Å²) in [6.07, 6.45) is 5.62. The van der Waals surface area contributed by atoms with Gasteiger partial charge in [-0.25, -0.2) is 8.42 Å². The molecule has 1 heterocycles. The third-order valence-electron chi connectivity index (χ3n) is 4.29. The second-order valence-electron chi connectivity index (χ2n) is 5.33. The SMILES string of the molecule is O=S(=O)(c1ccccc1)N1CCCC2CCCC21. The van der Waals surface area contributed by atoms with Crippen LogP contribution in [0.5, 0.6) is 0 Å². The van der Waals surface area contributed by atoms with Gasteiger partial charge in [0.2, 0.25) is 10.0 Å². The molecule has 3 rings (SSSR count). The lowest BCUT2D eigenvalue weighted by Crippen LogP contribution is -2.46. The first kappa shape index (κ1) is 12.2. The van der Waals surface area contributed by atoms with E-state index in [1.807, 2.05) is 6.07 Å². The average molecular weight is 265 g/mol. The molecular weight excluding hydrogens is 246 g/mol. The van der Waals surface area contributed by atoms with E-state index in [0.29, 0.717) is 17.4 Å². The van der Waals surface area contributed by atoms with Gasteiger partial charge < -0.3 is 0 Å². The van der Waals surface area contributed by atoms with E-state index in [1.165, 1.54) is 19.3 Å². The Bertz CT molecular complexity index is 512. The molecule has 1 saturated heterocycles. The molecule has 2 unspecified atom stereocenters. The summed E-state index contributed by atoms with van der Waals surface area (Å²) in [6.45, 7) is 0.693. The molecule has 0 N–H and O–H groups in total. The molecule has 0 radical (unpaired) electrons. The van der Waals surface area contributed by atoms with E-state index in [9.17, 15) is 8.42 Å². The summed E-state index contributed by atoms with van der Waals surface area (Å²) >= 11 is 0. The predicted molar refractivity (Wildman–Crippen MR) is 70.7 cm³/mol. The summed E-state index contributed by atoms with van der Waals surface area (Å²) in [5.41, 5.74) is 0. The van der Waals surface area contributed by atoms with E-state index in [4.69, 9.17) is 0 Å². The number of piperidine rings is 1. The van der Waals surface area contributed by atoms with Crippen molar-refractivity contribution in [1.29, 1.82) is 0 Å². The van der Waals surface area contributed by atoms with E-state index < -0.39 is 10.0 Å². The monoisotopic (exact) mass is 265 g/mol. The quantitative estimate of drug-likeness (QED) is 0.824. The first-order chi connectivity index (χ1) is 8.69. The molecule has 2 aliphatic rings. The average Bonchev–Trinajstić information content (AvgIpc) is 2.87. The van der Waals surface area contributed by atoms with Gasteiger partial charge in [0.25, 0.3) is 0 Å². The van der Waals surface area contributed by atoms with Crippen LogP contribution in [0.15, 0.2) is 35.2 Å². The van der Waals surface area contributed by atoms with Crippen molar-refractivity contribution >= 4 is 10.0 Å². The van der Waals surface area contributed by atoms with Gasteiger partial charge in [0, 0.05) is 12.6 Å². The van der Waals surface area contributed by atoms with Gasteiger partial charge >= 0.3 is 0 Å². The topological polar surface area (TPSA) is 37.4 Å². The lowest BCUT2D eigenvalue weighted by molar-refractivity contribution is 0.202. The summed E-state index contributed by atoms with van der Waals surface area (Å²) in [5, 5.41) is 0. The van der Waals surface area contributed by atoms with E-state index in [0.717, 1.165) is 12.8 Å². The van der Waals surface area contributed by atoms with E-state index >= 15 is 0 Å². The van der Waals surface area contributed by atoms with Crippen molar-refractivity contribution in [2.24, 2.45) is 5.92 Å². The van der Waals surface area contributed by atoms with Gasteiger partial charge in [0.15, 0.2) is 0 Å². The molecule has 0 bridgehead atoms. The Hall–Kier alpha value is -0.870. The predicted octanol–water partition coefficient (Wildman–Crippen LogP) is 2.64. The van der Waals surface area contributed by atoms with Crippen molar-refractivity contribution in [1.82, 2.24) is 4.31 Å². The van der Waals surface area contributed by atoms with Gasteiger partial charge in [-0.2, -0.15) is 4.31 Å². The number of hydrogen-bond donors (Lipinski definition) is 0. The molecule has 0 amide bonds. The Balaban J connectivity index is 1.94. The van der Waals surface area contributed by atoms with Gasteiger partial charge in [0.05, 0.1) is 4.90 Å². The molecule has 1 aromatic carbocycles. The fourth-order valence-electron chi connectivity index (χ4n) is 3.43. The minimum absolute atomic E-state index is 0.254. The highest BCUT2D eigenvalue weighted by Gasteiger charge is 2.41. The Morgan fingerprint density at radius 2 is 1.72 bits per heavy atom. The Morgan fingerprint density at radius 3 is 2.50 bits per heavy atom. The first-order valence-corrected chi connectivity index (χ1v) is 8.20. The minimum Gasteiger partial charge on any atom is -0.207 e. The summed E-state index contributed by atoms with van der Waals surface area (Å²) in [6, 6.07) is 9.10. The standard InChI is InChI=1S/C14H19NO2S/c16-18(17,13-8-2-1-3-9-13)15-11-5-7-12-6-4-10-14(12)15/h1-3,8-9,12,14H,4-7,10-11H2. The number of hydrogen-bond acceptors (Lipinski definition) is 2. The number of sulfonamides is 1. The van der Waals surface area contributed by atoms with Crippen LogP contribution in [0.2, 0.25) is 0 Å². The highest BCUT2D eigenvalue weighted by Crippen LogP contribution is 2.39. The van der Waals surface area contributed by atoms with Crippen molar-refractivity contribution in [3.63, 3.8) is 0 Å². The van der Waals surface area contributed by atoms with Crippen molar-refractivity contribution in [3.05, 3.63) is 30.3 Å². The summed E-state index contributed by atoms with van der Waals surface area (Å²) in [4.78, 5) is 0.442. The molecule has 18 heavy (non-hydrogen) atoms. The van der Waals surface area contributed by atoms with Crippen molar-refractivity contribution < 1.29 is 8.42 Å². The molecule has 3 nitrogen and oxygen atoms in total. The van der Waals surface area contributed by atoms with Gasteiger partial charge in [-0.3, -0.25) is 0 Å². The zero-order valence-corrected chi connectivity index (χ0v) is 11.3. The molecule has 0 spiro atoms. The molecule has 0 aromatic heterocycles. The number of rotatable bonds is 2. The summed E-state index contributed by atoms with van der Waals surface area (Å²) in [7, 11) is -3.28. The van der Waals surface area contributed by atoms with Crippen LogP contribution in [0.25, 0.3) is 0 Å². The van der Waals surface area contributed by atoms with Gasteiger partial charge in [0.1, 0.15) is 0 Å². The van der Waals surface area contributed by atoms with E-state index in [-0.39, 0.29) is 6.04 Å². The summed E-state index contributed by atoms with van der Waals surface area (Å²) in [5.74, 6) is 0.595. The molecule has 98 valence electrons. The third kappa shape index (κ3) is 1.97. The van der Waals surface area contributed by atoms with Crippen LogP contribution in [0.4, 0.5) is 0 Å². The van der Waals surface area contributed by atoms with Crippen LogP contribution < -0.4 is 0 Å². The van der Waals surface area contributed by atoms with Crippen LogP contribution in [-0.4, -0.2) is 25.3 Å². The lowest BCUT2D eigenvalue weighted by atomic mass is 9.94. The van der Waals surface area contributed by atoms with Gasteiger partial charge in [-0.05, 0) is 43.7 Å². The maximum atomic E-state index is 12.7. The zero-order chi connectivity index (χ0) is 12.6. The molecular formula is C14H19NO2S. The lowest BCUT2D eigenvalue weighted by Gasteiger charge is -2.36. The molecule has 1 saturated carbocycles. The van der Waals surface area contributed by atoms with Gasteiger partial charge in [-0.15, -0.1) is 0 Å². The second kappa shape index (κ2) is 4.67. The smallest absolute Gasteiger partial charge is 0.207 e. The molecule has 4 heteroatoms. The maximum Gasteiger partial charge on any atom is 0.243 e. The summed E-state index contributed by atoms with van der Waals surface area (Å²) < 4.78 is 27.1. The van der Waals surface area contributed by atoms with E-state index in [2.05, 4.69) is 0 Å². The van der Waals surface area contributed by atoms with Crippen LogP contribution >= 0.6 is 0 Å². The molecule has 1 aliphatic heterocycles. The highest BCUT2D eigenvalue weighted by molar-refractivity contribution is 7.89. The van der Waals surface area contributed by atoms with Crippen LogP contribution in [-0.2, 0) is 10.0 Å². The fraction of sp³-hybridized carbons (Fsp3) is 0.571.